The van der Waals surface area contributed by atoms with E-state index in [4.69, 9.17) is 9.47 Å². The van der Waals surface area contributed by atoms with Crippen LogP contribution in [0.25, 0.3) is 0 Å². The minimum absolute atomic E-state index is 0.225. The predicted octanol–water partition coefficient (Wildman–Crippen LogP) is 1.09. The first-order valence-electron chi connectivity index (χ1n) is 5.95. The Morgan fingerprint density at radius 2 is 2.33 bits per heavy atom. The number of ether oxygens (including phenoxy) is 2. The molecule has 0 spiro atoms. The maximum absolute atomic E-state index is 11.9. The highest BCUT2D eigenvalue weighted by molar-refractivity contribution is 5.94. The van der Waals surface area contributed by atoms with Crippen molar-refractivity contribution in [2.45, 2.75) is 19.1 Å². The third kappa shape index (κ3) is 3.29. The van der Waals surface area contributed by atoms with Crippen LogP contribution in [0.5, 0.6) is 0 Å². The van der Waals surface area contributed by atoms with Crippen molar-refractivity contribution in [2.75, 3.05) is 25.1 Å². The Hall–Kier alpha value is -1.43. The van der Waals surface area contributed by atoms with Gasteiger partial charge in [-0.3, -0.25) is 4.79 Å². The Labute approximate surface area is 106 Å². The van der Waals surface area contributed by atoms with Crippen LogP contribution in [0.1, 0.15) is 18.6 Å². The number of rotatable bonds is 3. The number of hydrogen-bond acceptors (Lipinski definition) is 4. The Balaban J connectivity index is 1.99. The Bertz CT molecular complexity index is 413. The van der Waals surface area contributed by atoms with Crippen LogP contribution in [0, 0.1) is 0 Å². The molecule has 2 atom stereocenters. The zero-order valence-corrected chi connectivity index (χ0v) is 10.3. The molecule has 5 heteroatoms. The van der Waals surface area contributed by atoms with E-state index in [1.807, 2.05) is 0 Å². The van der Waals surface area contributed by atoms with E-state index in [2.05, 4.69) is 5.32 Å². The molecule has 2 unspecified atom stereocenters. The Morgan fingerprint density at radius 1 is 1.50 bits per heavy atom. The van der Waals surface area contributed by atoms with Crippen molar-refractivity contribution in [3.63, 3.8) is 0 Å². The molecule has 2 N–H and O–H groups in total. The van der Waals surface area contributed by atoms with Crippen LogP contribution in [0.3, 0.4) is 0 Å². The predicted molar refractivity (Wildman–Crippen MR) is 66.3 cm³/mol. The smallest absolute Gasteiger partial charge is 0.255 e. The molecule has 0 saturated carbocycles. The summed E-state index contributed by atoms with van der Waals surface area (Å²) in [5.74, 6) is -0.225. The van der Waals surface area contributed by atoms with Gasteiger partial charge in [0.15, 0.2) is 6.10 Å². The summed E-state index contributed by atoms with van der Waals surface area (Å²) in [4.78, 5) is 11.9. The molecule has 2 rings (SSSR count). The van der Waals surface area contributed by atoms with Crippen molar-refractivity contribution in [1.82, 2.24) is 0 Å². The van der Waals surface area contributed by atoms with Gasteiger partial charge in [-0.05, 0) is 24.6 Å². The molecule has 1 aliphatic heterocycles. The third-order valence-corrected chi connectivity index (χ3v) is 2.74. The molecule has 1 amide bonds. The Morgan fingerprint density at radius 3 is 3.00 bits per heavy atom. The maximum atomic E-state index is 11.9. The highest BCUT2D eigenvalue weighted by Gasteiger charge is 2.22. The van der Waals surface area contributed by atoms with Gasteiger partial charge >= 0.3 is 0 Å². The second kappa shape index (κ2) is 5.95. The number of carbonyl (C=O) groups is 1. The van der Waals surface area contributed by atoms with E-state index in [9.17, 15) is 9.90 Å². The van der Waals surface area contributed by atoms with Crippen LogP contribution in [-0.4, -0.2) is 36.9 Å². The SMILES string of the molecule is CC(O)c1cccc(NC(=O)C2COCCO2)c1. The molecule has 1 heterocycles. The second-order valence-corrected chi connectivity index (χ2v) is 4.23. The van der Waals surface area contributed by atoms with E-state index in [1.165, 1.54) is 0 Å². The van der Waals surface area contributed by atoms with Crippen LogP contribution in [0.4, 0.5) is 5.69 Å². The van der Waals surface area contributed by atoms with E-state index in [0.29, 0.717) is 18.9 Å². The van der Waals surface area contributed by atoms with Crippen molar-refractivity contribution in [1.29, 1.82) is 0 Å². The van der Waals surface area contributed by atoms with Gasteiger partial charge in [0, 0.05) is 5.69 Å². The van der Waals surface area contributed by atoms with E-state index in [0.717, 1.165) is 5.56 Å². The molecule has 0 aromatic heterocycles. The second-order valence-electron chi connectivity index (χ2n) is 4.23. The molecule has 1 aromatic rings. The fourth-order valence-electron chi connectivity index (χ4n) is 1.74. The zero-order valence-electron chi connectivity index (χ0n) is 10.3. The van der Waals surface area contributed by atoms with Crippen LogP contribution in [0.15, 0.2) is 24.3 Å². The molecule has 1 aliphatic rings. The third-order valence-electron chi connectivity index (χ3n) is 2.74. The van der Waals surface area contributed by atoms with Crippen molar-refractivity contribution < 1.29 is 19.4 Å². The summed E-state index contributed by atoms with van der Waals surface area (Å²) in [7, 11) is 0. The first-order valence-corrected chi connectivity index (χ1v) is 5.95. The van der Waals surface area contributed by atoms with Crippen molar-refractivity contribution >= 4 is 11.6 Å². The van der Waals surface area contributed by atoms with Gasteiger partial charge in [-0.25, -0.2) is 0 Å². The number of hydrogen-bond donors (Lipinski definition) is 2. The first-order chi connectivity index (χ1) is 8.66. The minimum Gasteiger partial charge on any atom is -0.389 e. The summed E-state index contributed by atoms with van der Waals surface area (Å²) < 4.78 is 10.5. The number of anilines is 1. The van der Waals surface area contributed by atoms with Crippen molar-refractivity contribution in [3.05, 3.63) is 29.8 Å². The van der Waals surface area contributed by atoms with Crippen molar-refractivity contribution in [3.8, 4) is 0 Å². The Kier molecular flexibility index (Phi) is 4.30. The van der Waals surface area contributed by atoms with Gasteiger partial charge in [0.1, 0.15) is 0 Å². The average molecular weight is 251 g/mol. The molecule has 0 aliphatic carbocycles. The van der Waals surface area contributed by atoms with Crippen LogP contribution >= 0.6 is 0 Å². The van der Waals surface area contributed by atoms with Gasteiger partial charge in [0.25, 0.3) is 5.91 Å². The number of carbonyl (C=O) groups excluding carboxylic acids is 1. The topological polar surface area (TPSA) is 67.8 Å². The standard InChI is InChI=1S/C13H17NO4/c1-9(15)10-3-2-4-11(7-10)14-13(16)12-8-17-5-6-18-12/h2-4,7,9,12,15H,5-6,8H2,1H3,(H,14,16). The molecule has 18 heavy (non-hydrogen) atoms. The summed E-state index contributed by atoms with van der Waals surface area (Å²) in [6.45, 7) is 2.92. The van der Waals surface area contributed by atoms with Crippen LogP contribution < -0.4 is 5.32 Å². The minimum atomic E-state index is -0.561. The van der Waals surface area contributed by atoms with E-state index in [1.54, 1.807) is 31.2 Å². The molecule has 1 saturated heterocycles. The average Bonchev–Trinajstić information content (AvgIpc) is 2.40. The largest absolute Gasteiger partial charge is 0.389 e. The van der Waals surface area contributed by atoms with E-state index in [-0.39, 0.29) is 12.5 Å². The molecular weight excluding hydrogens is 234 g/mol. The van der Waals surface area contributed by atoms with Gasteiger partial charge in [0.05, 0.1) is 25.9 Å². The quantitative estimate of drug-likeness (QED) is 0.844. The van der Waals surface area contributed by atoms with Gasteiger partial charge in [-0.15, -0.1) is 0 Å². The number of benzene rings is 1. The van der Waals surface area contributed by atoms with Crippen molar-refractivity contribution in [2.24, 2.45) is 0 Å². The lowest BCUT2D eigenvalue weighted by Crippen LogP contribution is -2.39. The van der Waals surface area contributed by atoms with E-state index < -0.39 is 12.2 Å². The lowest BCUT2D eigenvalue weighted by atomic mass is 10.1. The van der Waals surface area contributed by atoms with Gasteiger partial charge < -0.3 is 19.9 Å². The number of aliphatic hydroxyl groups is 1. The molecule has 1 fully saturated rings. The summed E-state index contributed by atoms with van der Waals surface area (Å²) in [6.07, 6.45) is -1.12. The van der Waals surface area contributed by atoms with Gasteiger partial charge in [-0.2, -0.15) is 0 Å². The number of aliphatic hydroxyl groups excluding tert-OH is 1. The van der Waals surface area contributed by atoms with Gasteiger partial charge in [0.2, 0.25) is 0 Å². The fourth-order valence-corrected chi connectivity index (χ4v) is 1.74. The molecule has 0 bridgehead atoms. The van der Waals surface area contributed by atoms with E-state index >= 15 is 0 Å². The summed E-state index contributed by atoms with van der Waals surface area (Å²) in [6, 6.07) is 7.11. The first kappa shape index (κ1) is 13.0. The summed E-state index contributed by atoms with van der Waals surface area (Å²) >= 11 is 0. The zero-order chi connectivity index (χ0) is 13.0. The molecule has 0 radical (unpaired) electrons. The summed E-state index contributed by atoms with van der Waals surface area (Å²) in [5.41, 5.74) is 1.40. The van der Waals surface area contributed by atoms with Crippen LogP contribution in [-0.2, 0) is 14.3 Å². The molecular formula is C13H17NO4. The molecule has 1 aromatic carbocycles. The summed E-state index contributed by atoms with van der Waals surface area (Å²) in [5, 5.41) is 12.2. The lowest BCUT2D eigenvalue weighted by Gasteiger charge is -2.22. The maximum Gasteiger partial charge on any atom is 0.255 e. The molecule has 5 nitrogen and oxygen atoms in total. The number of amides is 1. The monoisotopic (exact) mass is 251 g/mol. The lowest BCUT2D eigenvalue weighted by molar-refractivity contribution is -0.142. The fraction of sp³-hybridized carbons (Fsp3) is 0.462. The highest BCUT2D eigenvalue weighted by atomic mass is 16.6. The van der Waals surface area contributed by atoms with Crippen LogP contribution in [0.2, 0.25) is 0 Å². The number of nitrogens with one attached hydrogen (secondary N) is 1. The normalized spacial score (nSPS) is 21.3. The highest BCUT2D eigenvalue weighted by Crippen LogP contribution is 2.17. The van der Waals surface area contributed by atoms with Gasteiger partial charge in [-0.1, -0.05) is 12.1 Å². The molecule has 98 valence electrons.